The minimum absolute atomic E-state index is 0.00331. The van der Waals surface area contributed by atoms with Crippen LogP contribution in [0.1, 0.15) is 26.7 Å². The van der Waals surface area contributed by atoms with Crippen molar-refractivity contribution in [3.63, 3.8) is 0 Å². The molecule has 1 amide bonds. The van der Waals surface area contributed by atoms with Crippen LogP contribution in [0.3, 0.4) is 0 Å². The molecule has 1 aliphatic rings. The Balaban J connectivity index is 2.28. The second-order valence-corrected chi connectivity index (χ2v) is 5.70. The van der Waals surface area contributed by atoms with Crippen molar-refractivity contribution >= 4 is 17.7 Å². The van der Waals surface area contributed by atoms with E-state index in [4.69, 9.17) is 0 Å². The van der Waals surface area contributed by atoms with Gasteiger partial charge in [-0.1, -0.05) is 13.3 Å². The van der Waals surface area contributed by atoms with Crippen LogP contribution in [0.4, 0.5) is 0 Å². The number of nitrogens with one attached hydrogen (secondary N) is 2. The molecule has 5 heteroatoms. The highest BCUT2D eigenvalue weighted by atomic mass is 32.2. The molecule has 0 saturated carbocycles. The van der Waals surface area contributed by atoms with Gasteiger partial charge in [0.2, 0.25) is 5.91 Å². The van der Waals surface area contributed by atoms with Gasteiger partial charge in [-0.2, -0.15) is 11.8 Å². The first kappa shape index (κ1) is 13.8. The van der Waals surface area contributed by atoms with Gasteiger partial charge in [0.15, 0.2) is 0 Å². The molecule has 4 nitrogen and oxygen atoms in total. The Bertz CT molecular complexity index is 228. The van der Waals surface area contributed by atoms with Gasteiger partial charge < -0.3 is 15.7 Å². The molecule has 0 aromatic rings. The molecular formula is C11H22N2O2S. The maximum absolute atomic E-state index is 11.8. The molecule has 0 spiro atoms. The van der Waals surface area contributed by atoms with E-state index in [0.29, 0.717) is 13.0 Å². The monoisotopic (exact) mass is 246 g/mol. The zero-order chi connectivity index (χ0) is 12.0. The third kappa shape index (κ3) is 4.72. The van der Waals surface area contributed by atoms with Crippen molar-refractivity contribution in [2.45, 2.75) is 38.3 Å². The molecule has 1 aliphatic heterocycles. The molecule has 1 saturated heterocycles. The molecule has 3 N–H and O–H groups in total. The number of carbonyl (C=O) groups excluding carboxylic acids is 1. The standard InChI is InChI=1S/C11H22N2O2S/c1-3-4-11(2,15)8-13-10(14)9-7-16-6-5-12-9/h9,12,15H,3-8H2,1-2H3,(H,13,14). The van der Waals surface area contributed by atoms with Crippen molar-refractivity contribution in [2.24, 2.45) is 0 Å². The van der Waals surface area contributed by atoms with Crippen LogP contribution in [0, 0.1) is 0 Å². The third-order valence-electron chi connectivity index (χ3n) is 2.67. The summed E-state index contributed by atoms with van der Waals surface area (Å²) < 4.78 is 0. The molecule has 94 valence electrons. The molecule has 0 radical (unpaired) electrons. The minimum atomic E-state index is -0.785. The van der Waals surface area contributed by atoms with E-state index in [2.05, 4.69) is 10.6 Å². The Labute approximate surface area is 102 Å². The lowest BCUT2D eigenvalue weighted by molar-refractivity contribution is -0.123. The van der Waals surface area contributed by atoms with Crippen LogP contribution in [-0.4, -0.2) is 47.3 Å². The zero-order valence-electron chi connectivity index (χ0n) is 10.1. The van der Waals surface area contributed by atoms with E-state index in [1.165, 1.54) is 0 Å². The number of aliphatic hydroxyl groups is 1. The average Bonchev–Trinajstić information content (AvgIpc) is 2.27. The van der Waals surface area contributed by atoms with Crippen LogP contribution in [0.5, 0.6) is 0 Å². The fourth-order valence-corrected chi connectivity index (χ4v) is 2.70. The molecule has 2 atom stereocenters. The Morgan fingerprint density at radius 2 is 2.44 bits per heavy atom. The molecule has 2 unspecified atom stereocenters. The van der Waals surface area contributed by atoms with Crippen molar-refractivity contribution in [1.29, 1.82) is 0 Å². The smallest absolute Gasteiger partial charge is 0.238 e. The number of hydrogen-bond acceptors (Lipinski definition) is 4. The van der Waals surface area contributed by atoms with Crippen molar-refractivity contribution < 1.29 is 9.90 Å². The molecule has 1 fully saturated rings. The fourth-order valence-electron chi connectivity index (χ4n) is 1.76. The average molecular weight is 246 g/mol. The second kappa shape index (κ2) is 6.47. The van der Waals surface area contributed by atoms with E-state index in [9.17, 15) is 9.90 Å². The lowest BCUT2D eigenvalue weighted by Gasteiger charge is -2.26. The Morgan fingerprint density at radius 3 is 3.00 bits per heavy atom. The van der Waals surface area contributed by atoms with Gasteiger partial charge in [0.05, 0.1) is 11.6 Å². The van der Waals surface area contributed by atoms with Gasteiger partial charge in [-0.05, 0) is 13.3 Å². The van der Waals surface area contributed by atoms with Crippen LogP contribution in [0.25, 0.3) is 0 Å². The summed E-state index contributed by atoms with van der Waals surface area (Å²) >= 11 is 1.79. The molecule has 0 bridgehead atoms. The molecule has 1 rings (SSSR count). The number of rotatable bonds is 5. The first-order valence-corrected chi connectivity index (χ1v) is 7.02. The number of carbonyl (C=O) groups is 1. The maximum atomic E-state index is 11.8. The van der Waals surface area contributed by atoms with Crippen LogP contribution in [-0.2, 0) is 4.79 Å². The van der Waals surface area contributed by atoms with Crippen molar-refractivity contribution in [3.05, 3.63) is 0 Å². The van der Waals surface area contributed by atoms with Crippen LogP contribution in [0.15, 0.2) is 0 Å². The lowest BCUT2D eigenvalue weighted by atomic mass is 10.0. The highest BCUT2D eigenvalue weighted by Gasteiger charge is 2.24. The summed E-state index contributed by atoms with van der Waals surface area (Å²) in [6, 6.07) is -0.101. The normalized spacial score (nSPS) is 24.8. The molecule has 0 aliphatic carbocycles. The van der Waals surface area contributed by atoms with Crippen molar-refractivity contribution in [2.75, 3.05) is 24.6 Å². The maximum Gasteiger partial charge on any atom is 0.238 e. The van der Waals surface area contributed by atoms with Crippen LogP contribution < -0.4 is 10.6 Å². The van der Waals surface area contributed by atoms with Crippen LogP contribution in [0.2, 0.25) is 0 Å². The summed E-state index contributed by atoms with van der Waals surface area (Å²) in [5, 5.41) is 15.9. The van der Waals surface area contributed by atoms with Crippen LogP contribution >= 0.6 is 11.8 Å². The summed E-state index contributed by atoms with van der Waals surface area (Å²) in [5.74, 6) is 1.89. The molecule has 1 heterocycles. The summed E-state index contributed by atoms with van der Waals surface area (Å²) in [6.45, 7) is 5.01. The Kier molecular flexibility index (Phi) is 5.58. The molecule has 0 aromatic carbocycles. The van der Waals surface area contributed by atoms with E-state index in [0.717, 1.165) is 24.5 Å². The van der Waals surface area contributed by atoms with Gasteiger partial charge in [-0.15, -0.1) is 0 Å². The fraction of sp³-hybridized carbons (Fsp3) is 0.909. The quantitative estimate of drug-likeness (QED) is 0.655. The SMILES string of the molecule is CCCC(C)(O)CNC(=O)C1CSCCN1. The Morgan fingerprint density at radius 1 is 1.69 bits per heavy atom. The second-order valence-electron chi connectivity index (χ2n) is 4.55. The molecule has 16 heavy (non-hydrogen) atoms. The van der Waals surface area contributed by atoms with Gasteiger partial charge in [-0.3, -0.25) is 4.79 Å². The minimum Gasteiger partial charge on any atom is -0.388 e. The summed E-state index contributed by atoms with van der Waals surface area (Å²) in [5.41, 5.74) is -0.785. The largest absolute Gasteiger partial charge is 0.388 e. The van der Waals surface area contributed by atoms with Gasteiger partial charge in [0.1, 0.15) is 0 Å². The molecule has 0 aromatic heterocycles. The van der Waals surface area contributed by atoms with E-state index in [-0.39, 0.29) is 11.9 Å². The number of thioether (sulfide) groups is 1. The van der Waals surface area contributed by atoms with E-state index >= 15 is 0 Å². The third-order valence-corrected chi connectivity index (χ3v) is 3.73. The van der Waals surface area contributed by atoms with E-state index in [1.54, 1.807) is 18.7 Å². The summed E-state index contributed by atoms with van der Waals surface area (Å²) in [7, 11) is 0. The lowest BCUT2D eigenvalue weighted by Crippen LogP contribution is -2.51. The Hall–Kier alpha value is -0.260. The molecular weight excluding hydrogens is 224 g/mol. The van der Waals surface area contributed by atoms with Crippen molar-refractivity contribution in [3.8, 4) is 0 Å². The summed E-state index contributed by atoms with van der Waals surface area (Å²) in [4.78, 5) is 11.8. The highest BCUT2D eigenvalue weighted by Crippen LogP contribution is 2.11. The first-order chi connectivity index (χ1) is 7.55. The van der Waals surface area contributed by atoms with Gasteiger partial charge in [0.25, 0.3) is 0 Å². The zero-order valence-corrected chi connectivity index (χ0v) is 10.9. The first-order valence-electron chi connectivity index (χ1n) is 5.86. The van der Waals surface area contributed by atoms with Crippen molar-refractivity contribution in [1.82, 2.24) is 10.6 Å². The predicted molar refractivity (Wildman–Crippen MR) is 67.7 cm³/mol. The van der Waals surface area contributed by atoms with Gasteiger partial charge in [0, 0.05) is 24.6 Å². The van der Waals surface area contributed by atoms with Gasteiger partial charge in [-0.25, -0.2) is 0 Å². The topological polar surface area (TPSA) is 61.4 Å². The summed E-state index contributed by atoms with van der Waals surface area (Å²) in [6.07, 6.45) is 1.63. The predicted octanol–water partition coefficient (Wildman–Crippen LogP) is 0.359. The number of hydrogen-bond donors (Lipinski definition) is 3. The van der Waals surface area contributed by atoms with E-state index in [1.807, 2.05) is 6.92 Å². The highest BCUT2D eigenvalue weighted by molar-refractivity contribution is 7.99. The van der Waals surface area contributed by atoms with Gasteiger partial charge >= 0.3 is 0 Å². The van der Waals surface area contributed by atoms with E-state index < -0.39 is 5.60 Å². The number of amides is 1.